The second-order valence-corrected chi connectivity index (χ2v) is 9.07. The molecule has 0 aliphatic carbocycles. The number of carbonyl (C=O) groups is 1. The molecule has 0 radical (unpaired) electrons. The minimum absolute atomic E-state index is 0.196. The molecule has 2 saturated heterocycles. The van der Waals surface area contributed by atoms with Gasteiger partial charge in [-0.15, -0.1) is 0 Å². The van der Waals surface area contributed by atoms with Crippen LogP contribution in [0.15, 0.2) is 35.2 Å². The van der Waals surface area contributed by atoms with E-state index in [0.29, 0.717) is 6.61 Å². The highest BCUT2D eigenvalue weighted by molar-refractivity contribution is 7.92. The maximum atomic E-state index is 13.0. The summed E-state index contributed by atoms with van der Waals surface area (Å²) in [6.45, 7) is 7.65. The van der Waals surface area contributed by atoms with Crippen molar-refractivity contribution in [3.8, 4) is 0 Å². The zero-order valence-corrected chi connectivity index (χ0v) is 14.1. The van der Waals surface area contributed by atoms with Gasteiger partial charge in [0.05, 0.1) is 17.5 Å². The average Bonchev–Trinajstić information content (AvgIpc) is 2.85. The third kappa shape index (κ3) is 1.93. The summed E-state index contributed by atoms with van der Waals surface area (Å²) in [5, 5.41) is -1.07. The van der Waals surface area contributed by atoms with Crippen LogP contribution >= 0.6 is 0 Å². The van der Waals surface area contributed by atoms with Crippen molar-refractivity contribution in [2.24, 2.45) is 5.41 Å². The lowest BCUT2D eigenvalue weighted by molar-refractivity contribution is -0.141. The van der Waals surface area contributed by atoms with Crippen molar-refractivity contribution < 1.29 is 17.9 Å². The molecular weight excluding hydrogens is 302 g/mol. The molecule has 6 heteroatoms. The predicted octanol–water partition coefficient (Wildman–Crippen LogP) is 1.83. The summed E-state index contributed by atoms with van der Waals surface area (Å²) in [7, 11) is -3.73. The molecule has 2 atom stereocenters. The number of amides is 1. The third-order valence-corrected chi connectivity index (χ3v) is 7.22. The summed E-state index contributed by atoms with van der Waals surface area (Å²) >= 11 is 0. The summed E-state index contributed by atoms with van der Waals surface area (Å²) in [6, 6.07) is 7.98. The minimum atomic E-state index is -3.73. The Kier molecular flexibility index (Phi) is 3.21. The van der Waals surface area contributed by atoms with Gasteiger partial charge in [0, 0.05) is 5.41 Å². The smallest absolute Gasteiger partial charge is 0.244 e. The van der Waals surface area contributed by atoms with Gasteiger partial charge in [-0.3, -0.25) is 4.79 Å². The Hall–Kier alpha value is -1.40. The Morgan fingerprint density at radius 1 is 1.14 bits per heavy atom. The van der Waals surface area contributed by atoms with E-state index >= 15 is 0 Å². The molecule has 1 aromatic carbocycles. The van der Waals surface area contributed by atoms with E-state index in [1.165, 1.54) is 0 Å². The molecule has 5 nitrogen and oxygen atoms in total. The minimum Gasteiger partial charge on any atom is -0.354 e. The molecule has 3 rings (SSSR count). The van der Waals surface area contributed by atoms with Crippen molar-refractivity contribution in [1.29, 1.82) is 0 Å². The molecule has 0 spiro atoms. The molecule has 1 amide bonds. The quantitative estimate of drug-likeness (QED) is 0.833. The zero-order chi connectivity index (χ0) is 16.3. The highest BCUT2D eigenvalue weighted by atomic mass is 32.2. The first-order valence-corrected chi connectivity index (χ1v) is 8.91. The molecule has 1 aromatic rings. The van der Waals surface area contributed by atoms with Crippen LogP contribution in [0.25, 0.3) is 0 Å². The molecule has 120 valence electrons. The molecule has 2 heterocycles. The summed E-state index contributed by atoms with van der Waals surface area (Å²) < 4.78 is 31.7. The number of sulfone groups is 1. The van der Waals surface area contributed by atoms with Crippen LogP contribution in [0.1, 0.15) is 27.7 Å². The summed E-state index contributed by atoms with van der Waals surface area (Å²) in [5.74, 6) is -0.360. The lowest BCUT2D eigenvalue weighted by Gasteiger charge is -2.30. The van der Waals surface area contributed by atoms with Gasteiger partial charge in [0.25, 0.3) is 0 Å². The number of rotatable bonds is 2. The predicted molar refractivity (Wildman–Crippen MR) is 81.9 cm³/mol. The van der Waals surface area contributed by atoms with Crippen LogP contribution in [0.3, 0.4) is 0 Å². The first-order chi connectivity index (χ1) is 10.1. The maximum Gasteiger partial charge on any atom is 0.244 e. The monoisotopic (exact) mass is 323 g/mol. The molecule has 0 N–H and O–H groups in total. The normalized spacial score (nSPS) is 29.6. The Labute approximate surface area is 131 Å². The average molecular weight is 323 g/mol. The summed E-state index contributed by atoms with van der Waals surface area (Å²) in [5.41, 5.74) is -1.47. The SMILES string of the molecule is CC1(C)C(S(=O)(=O)c2ccccc2)C(=O)N2[C@@H]1COC2(C)C. The van der Waals surface area contributed by atoms with Gasteiger partial charge in [0.1, 0.15) is 5.72 Å². The molecule has 1 unspecified atom stereocenters. The van der Waals surface area contributed by atoms with Gasteiger partial charge < -0.3 is 9.64 Å². The summed E-state index contributed by atoms with van der Waals surface area (Å²) in [4.78, 5) is 14.7. The van der Waals surface area contributed by atoms with Gasteiger partial charge in [-0.1, -0.05) is 32.0 Å². The number of benzene rings is 1. The number of nitrogens with zero attached hydrogens (tertiary/aromatic N) is 1. The van der Waals surface area contributed by atoms with E-state index < -0.39 is 26.2 Å². The fourth-order valence-corrected chi connectivity index (χ4v) is 5.81. The topological polar surface area (TPSA) is 63.7 Å². The number of fused-ring (bicyclic) bond motifs is 1. The van der Waals surface area contributed by atoms with E-state index in [1.54, 1.807) is 49.1 Å². The Morgan fingerprint density at radius 2 is 1.73 bits per heavy atom. The van der Waals surface area contributed by atoms with Crippen molar-refractivity contribution in [3.63, 3.8) is 0 Å². The van der Waals surface area contributed by atoms with E-state index in [1.807, 2.05) is 13.8 Å². The van der Waals surface area contributed by atoms with Crippen LogP contribution in [0.2, 0.25) is 0 Å². The number of hydrogen-bond acceptors (Lipinski definition) is 4. The van der Waals surface area contributed by atoms with Crippen molar-refractivity contribution in [2.75, 3.05) is 6.61 Å². The molecule has 0 aromatic heterocycles. The molecule has 2 fully saturated rings. The van der Waals surface area contributed by atoms with Crippen LogP contribution in [0, 0.1) is 5.41 Å². The van der Waals surface area contributed by atoms with Crippen LogP contribution in [0.5, 0.6) is 0 Å². The first kappa shape index (κ1) is 15.5. The van der Waals surface area contributed by atoms with Gasteiger partial charge in [-0.25, -0.2) is 8.42 Å². The van der Waals surface area contributed by atoms with Crippen molar-refractivity contribution >= 4 is 15.7 Å². The van der Waals surface area contributed by atoms with Crippen molar-refractivity contribution in [2.45, 2.75) is 49.6 Å². The Morgan fingerprint density at radius 3 is 2.27 bits per heavy atom. The van der Waals surface area contributed by atoms with E-state index in [2.05, 4.69) is 0 Å². The second-order valence-electron chi connectivity index (χ2n) is 7.04. The number of hydrogen-bond donors (Lipinski definition) is 0. The largest absolute Gasteiger partial charge is 0.354 e. The maximum absolute atomic E-state index is 13.0. The van der Waals surface area contributed by atoms with Crippen LogP contribution < -0.4 is 0 Å². The van der Waals surface area contributed by atoms with E-state index in [0.717, 1.165) is 0 Å². The third-order valence-electron chi connectivity index (χ3n) is 4.86. The van der Waals surface area contributed by atoms with Gasteiger partial charge >= 0.3 is 0 Å². The zero-order valence-electron chi connectivity index (χ0n) is 13.2. The summed E-state index contributed by atoms with van der Waals surface area (Å²) in [6.07, 6.45) is 0. The Balaban J connectivity index is 2.11. The van der Waals surface area contributed by atoms with Gasteiger partial charge in [-0.05, 0) is 26.0 Å². The molecule has 2 aliphatic heterocycles. The van der Waals surface area contributed by atoms with E-state index in [9.17, 15) is 13.2 Å². The molecular formula is C16H21NO4S. The van der Waals surface area contributed by atoms with Crippen LogP contribution in [-0.4, -0.2) is 42.8 Å². The molecule has 0 saturated carbocycles. The highest BCUT2D eigenvalue weighted by Crippen LogP contribution is 2.49. The molecule has 0 bridgehead atoms. The fourth-order valence-electron chi connectivity index (χ4n) is 3.67. The lowest BCUT2D eigenvalue weighted by atomic mass is 9.85. The van der Waals surface area contributed by atoms with E-state index in [4.69, 9.17) is 4.74 Å². The van der Waals surface area contributed by atoms with Gasteiger partial charge in [0.2, 0.25) is 5.91 Å². The van der Waals surface area contributed by atoms with E-state index in [-0.39, 0.29) is 16.8 Å². The highest BCUT2D eigenvalue weighted by Gasteiger charge is 2.65. The molecule has 22 heavy (non-hydrogen) atoms. The fraction of sp³-hybridized carbons (Fsp3) is 0.562. The Bertz CT molecular complexity index is 709. The first-order valence-electron chi connectivity index (χ1n) is 7.36. The van der Waals surface area contributed by atoms with Crippen LogP contribution in [0.4, 0.5) is 0 Å². The molecule has 2 aliphatic rings. The van der Waals surface area contributed by atoms with Crippen LogP contribution in [-0.2, 0) is 19.4 Å². The second kappa shape index (κ2) is 4.55. The standard InChI is InChI=1S/C16H21NO4S/c1-15(2)12-10-21-16(3,4)17(12)14(18)13(15)22(19,20)11-8-6-5-7-9-11/h5-9,12-13H,10H2,1-4H3/t12-,13?/m1/s1. The number of carbonyl (C=O) groups excluding carboxylic acids is 1. The number of ether oxygens (including phenoxy) is 1. The van der Waals surface area contributed by atoms with Crippen molar-refractivity contribution in [1.82, 2.24) is 4.90 Å². The lowest BCUT2D eigenvalue weighted by Crippen LogP contribution is -2.46. The van der Waals surface area contributed by atoms with Gasteiger partial charge in [-0.2, -0.15) is 0 Å². The van der Waals surface area contributed by atoms with Crippen molar-refractivity contribution in [3.05, 3.63) is 30.3 Å². The van der Waals surface area contributed by atoms with Gasteiger partial charge in [0.15, 0.2) is 15.1 Å².